The van der Waals surface area contributed by atoms with Crippen molar-refractivity contribution in [1.29, 1.82) is 0 Å². The first-order valence-electron chi connectivity index (χ1n) is 8.61. The van der Waals surface area contributed by atoms with Crippen LogP contribution in [-0.2, 0) is 9.59 Å². The zero-order valence-electron chi connectivity index (χ0n) is 15.3. The molecule has 0 bridgehead atoms. The number of halogens is 2. The maximum atomic E-state index is 13.2. The normalized spacial score (nSPS) is 15.1. The van der Waals surface area contributed by atoms with Gasteiger partial charge >= 0.3 is 0 Å². The Morgan fingerprint density at radius 3 is 2.76 bits per heavy atom. The fourth-order valence-corrected chi connectivity index (χ4v) is 3.59. The number of thioether (sulfide) groups is 1. The van der Waals surface area contributed by atoms with E-state index in [1.54, 1.807) is 30.3 Å². The summed E-state index contributed by atoms with van der Waals surface area (Å²) in [4.78, 5) is 38.1. The van der Waals surface area contributed by atoms with E-state index < -0.39 is 29.4 Å². The van der Waals surface area contributed by atoms with Crippen LogP contribution in [0.4, 0.5) is 14.9 Å². The van der Waals surface area contributed by atoms with Crippen molar-refractivity contribution in [2.24, 2.45) is 0 Å². The molecule has 9 heteroatoms. The van der Waals surface area contributed by atoms with Gasteiger partial charge in [0.1, 0.15) is 18.1 Å². The van der Waals surface area contributed by atoms with E-state index in [9.17, 15) is 18.8 Å². The summed E-state index contributed by atoms with van der Waals surface area (Å²) in [6.45, 7) is 1.83. The summed E-state index contributed by atoms with van der Waals surface area (Å²) in [5.41, 5.74) is 0.916. The molecule has 0 aromatic heterocycles. The van der Waals surface area contributed by atoms with Crippen molar-refractivity contribution in [1.82, 2.24) is 4.90 Å². The molecular formula is C20H16ClFN2O4S. The van der Waals surface area contributed by atoms with Crippen molar-refractivity contribution < 1.29 is 23.5 Å². The van der Waals surface area contributed by atoms with Crippen LogP contribution < -0.4 is 10.1 Å². The van der Waals surface area contributed by atoms with Gasteiger partial charge in [-0.05, 0) is 49.0 Å². The molecule has 1 heterocycles. The van der Waals surface area contributed by atoms with Gasteiger partial charge in [0.25, 0.3) is 11.1 Å². The highest BCUT2D eigenvalue weighted by atomic mass is 35.5. The molecule has 0 atom stereocenters. The van der Waals surface area contributed by atoms with E-state index in [1.165, 1.54) is 12.1 Å². The van der Waals surface area contributed by atoms with E-state index in [4.69, 9.17) is 16.3 Å². The lowest BCUT2D eigenvalue weighted by molar-refractivity contribution is -0.127. The van der Waals surface area contributed by atoms with Gasteiger partial charge in [0, 0.05) is 11.3 Å². The topological polar surface area (TPSA) is 75.7 Å². The molecular weight excluding hydrogens is 419 g/mol. The number of hydrogen-bond donors (Lipinski definition) is 1. The van der Waals surface area contributed by atoms with E-state index in [1.807, 2.05) is 6.92 Å². The fraction of sp³-hybridized carbons (Fsp3) is 0.150. The Balaban J connectivity index is 1.72. The van der Waals surface area contributed by atoms with E-state index in [-0.39, 0.29) is 15.6 Å². The van der Waals surface area contributed by atoms with E-state index in [0.29, 0.717) is 17.9 Å². The van der Waals surface area contributed by atoms with Crippen molar-refractivity contribution in [2.45, 2.75) is 6.92 Å². The van der Waals surface area contributed by atoms with Gasteiger partial charge in [-0.2, -0.15) is 0 Å². The van der Waals surface area contributed by atoms with Crippen molar-refractivity contribution in [3.8, 4) is 5.75 Å². The SMILES string of the molecule is CCOc1ccccc1/C=C1/SC(=O)N(CC(=O)Nc2ccc(F)c(Cl)c2)C1=O. The van der Waals surface area contributed by atoms with Gasteiger partial charge in [0.2, 0.25) is 5.91 Å². The Bertz CT molecular complexity index is 1010. The number of benzene rings is 2. The zero-order chi connectivity index (χ0) is 21.0. The molecule has 1 fully saturated rings. The number of imide groups is 1. The molecule has 2 aromatic rings. The zero-order valence-corrected chi connectivity index (χ0v) is 16.8. The number of amides is 3. The van der Waals surface area contributed by atoms with Crippen LogP contribution in [0.2, 0.25) is 5.02 Å². The van der Waals surface area contributed by atoms with Crippen LogP contribution in [-0.4, -0.2) is 35.1 Å². The van der Waals surface area contributed by atoms with Gasteiger partial charge in [0.15, 0.2) is 0 Å². The number of carbonyl (C=O) groups excluding carboxylic acids is 3. The first kappa shape index (κ1) is 20.9. The molecule has 3 amide bonds. The minimum atomic E-state index is -0.618. The summed E-state index contributed by atoms with van der Waals surface area (Å²) in [6.07, 6.45) is 1.56. The first-order valence-corrected chi connectivity index (χ1v) is 9.80. The van der Waals surface area contributed by atoms with Crippen molar-refractivity contribution in [2.75, 3.05) is 18.5 Å². The highest BCUT2D eigenvalue weighted by Crippen LogP contribution is 2.34. The van der Waals surface area contributed by atoms with Gasteiger partial charge in [0.05, 0.1) is 16.5 Å². The Morgan fingerprint density at radius 2 is 2.03 bits per heavy atom. The van der Waals surface area contributed by atoms with E-state index in [0.717, 1.165) is 22.7 Å². The average molecular weight is 435 g/mol. The van der Waals surface area contributed by atoms with Crippen LogP contribution in [0.1, 0.15) is 12.5 Å². The summed E-state index contributed by atoms with van der Waals surface area (Å²) >= 11 is 6.43. The number of rotatable bonds is 6. The molecule has 0 radical (unpaired) electrons. The van der Waals surface area contributed by atoms with Crippen molar-refractivity contribution in [3.05, 3.63) is 63.8 Å². The van der Waals surface area contributed by atoms with Gasteiger partial charge in [-0.3, -0.25) is 19.3 Å². The maximum Gasteiger partial charge on any atom is 0.294 e. The Hall–Kier alpha value is -2.84. The molecule has 1 aliphatic heterocycles. The third kappa shape index (κ3) is 4.96. The monoisotopic (exact) mass is 434 g/mol. The number of anilines is 1. The van der Waals surface area contributed by atoms with Gasteiger partial charge in [-0.15, -0.1) is 0 Å². The third-order valence-electron chi connectivity index (χ3n) is 3.88. The Kier molecular flexibility index (Phi) is 6.56. The number of ether oxygens (including phenoxy) is 1. The molecule has 2 aromatic carbocycles. The smallest absolute Gasteiger partial charge is 0.294 e. The van der Waals surface area contributed by atoms with Crippen LogP contribution >= 0.6 is 23.4 Å². The quantitative estimate of drug-likeness (QED) is 0.675. The molecule has 1 saturated heterocycles. The minimum Gasteiger partial charge on any atom is -0.493 e. The molecule has 1 aliphatic rings. The molecule has 0 saturated carbocycles. The lowest BCUT2D eigenvalue weighted by atomic mass is 10.2. The van der Waals surface area contributed by atoms with Gasteiger partial charge in [-0.25, -0.2) is 4.39 Å². The van der Waals surface area contributed by atoms with Gasteiger partial charge in [-0.1, -0.05) is 29.8 Å². The minimum absolute atomic E-state index is 0.148. The summed E-state index contributed by atoms with van der Waals surface area (Å²) < 4.78 is 18.7. The van der Waals surface area contributed by atoms with Crippen LogP contribution in [0.25, 0.3) is 6.08 Å². The third-order valence-corrected chi connectivity index (χ3v) is 5.08. The van der Waals surface area contributed by atoms with Crippen LogP contribution in [0.15, 0.2) is 47.4 Å². The molecule has 0 spiro atoms. The number of para-hydroxylation sites is 1. The molecule has 3 rings (SSSR count). The summed E-state index contributed by atoms with van der Waals surface area (Å²) in [5, 5.41) is 1.78. The van der Waals surface area contributed by atoms with E-state index >= 15 is 0 Å². The molecule has 1 N–H and O–H groups in total. The number of nitrogens with one attached hydrogen (secondary N) is 1. The van der Waals surface area contributed by atoms with Crippen molar-refractivity contribution in [3.63, 3.8) is 0 Å². The Morgan fingerprint density at radius 1 is 1.28 bits per heavy atom. The second-order valence-corrected chi connectivity index (χ2v) is 7.32. The van der Waals surface area contributed by atoms with Crippen LogP contribution in [0, 0.1) is 5.82 Å². The average Bonchev–Trinajstić information content (AvgIpc) is 2.94. The fourth-order valence-electron chi connectivity index (χ4n) is 2.58. The standard InChI is InChI=1S/C20H16ClFN2O4S/c1-2-28-16-6-4-3-5-12(16)9-17-19(26)24(20(27)29-17)11-18(25)23-13-7-8-15(22)14(21)10-13/h3-10H,2,11H2,1H3,(H,23,25)/b17-9+. The predicted molar refractivity (Wildman–Crippen MR) is 110 cm³/mol. The highest BCUT2D eigenvalue weighted by molar-refractivity contribution is 8.18. The lowest BCUT2D eigenvalue weighted by Crippen LogP contribution is -2.36. The number of carbonyl (C=O) groups is 3. The second kappa shape index (κ2) is 9.11. The predicted octanol–water partition coefficient (Wildman–Crippen LogP) is 4.55. The first-order chi connectivity index (χ1) is 13.9. The summed E-state index contributed by atoms with van der Waals surface area (Å²) in [5.74, 6) is -1.20. The lowest BCUT2D eigenvalue weighted by Gasteiger charge is -2.12. The molecule has 0 unspecified atom stereocenters. The molecule has 150 valence electrons. The second-order valence-electron chi connectivity index (χ2n) is 5.92. The molecule has 6 nitrogen and oxygen atoms in total. The van der Waals surface area contributed by atoms with Crippen LogP contribution in [0.3, 0.4) is 0 Å². The largest absolute Gasteiger partial charge is 0.493 e. The van der Waals surface area contributed by atoms with Crippen LogP contribution in [0.5, 0.6) is 5.75 Å². The van der Waals surface area contributed by atoms with Crippen molar-refractivity contribution >= 4 is 52.2 Å². The highest BCUT2D eigenvalue weighted by Gasteiger charge is 2.36. The number of nitrogens with zero attached hydrogens (tertiary/aromatic N) is 1. The summed E-state index contributed by atoms with van der Waals surface area (Å²) in [6, 6.07) is 10.8. The van der Waals surface area contributed by atoms with E-state index in [2.05, 4.69) is 5.32 Å². The summed E-state index contributed by atoms with van der Waals surface area (Å²) in [7, 11) is 0. The maximum absolute atomic E-state index is 13.2. The molecule has 29 heavy (non-hydrogen) atoms. The Labute approximate surface area is 175 Å². The van der Waals surface area contributed by atoms with Gasteiger partial charge < -0.3 is 10.1 Å². The number of hydrogen-bond acceptors (Lipinski definition) is 5. The molecule has 0 aliphatic carbocycles.